The fourth-order valence-corrected chi connectivity index (χ4v) is 1.87. The number of ether oxygens (including phenoxy) is 1. The number of anilines is 1. The summed E-state index contributed by atoms with van der Waals surface area (Å²) in [6, 6.07) is 4.93. The molecule has 0 saturated heterocycles. The van der Waals surface area contributed by atoms with Gasteiger partial charge < -0.3 is 10.1 Å². The molecule has 0 radical (unpaired) electrons. The van der Waals surface area contributed by atoms with Crippen molar-refractivity contribution in [3.63, 3.8) is 0 Å². The van der Waals surface area contributed by atoms with Crippen molar-refractivity contribution in [1.82, 2.24) is 0 Å². The number of rotatable bonds is 2. The first-order valence-corrected chi connectivity index (χ1v) is 5.28. The Bertz CT molecular complexity index is 459. The van der Waals surface area contributed by atoms with Gasteiger partial charge in [0, 0.05) is 10.7 Å². The van der Waals surface area contributed by atoms with Crippen LogP contribution in [0.1, 0.15) is 18.4 Å². The second-order valence-corrected chi connectivity index (χ2v) is 3.84. The lowest BCUT2D eigenvalue weighted by Gasteiger charge is -2.07. The fraction of sp³-hybridized carbons (Fsp3) is 0.273. The standard InChI is InChI=1S/C11H10ClNO3/c1-2-16-11(15)9-7-4-3-6(12)5-8(7)13-10(9)14/h3-5,9H,2H2,1H3,(H,13,14). The average molecular weight is 240 g/mol. The zero-order chi connectivity index (χ0) is 11.7. The highest BCUT2D eigenvalue weighted by molar-refractivity contribution is 6.31. The van der Waals surface area contributed by atoms with Gasteiger partial charge in [-0.1, -0.05) is 17.7 Å². The SMILES string of the molecule is CCOC(=O)C1C(=O)Nc2cc(Cl)ccc21. The fourth-order valence-electron chi connectivity index (χ4n) is 1.69. The summed E-state index contributed by atoms with van der Waals surface area (Å²) in [6.45, 7) is 1.96. The number of nitrogens with one attached hydrogen (secondary N) is 1. The van der Waals surface area contributed by atoms with E-state index >= 15 is 0 Å². The Hall–Kier alpha value is -1.55. The van der Waals surface area contributed by atoms with Crippen molar-refractivity contribution in [2.45, 2.75) is 12.8 Å². The number of carbonyl (C=O) groups excluding carboxylic acids is 2. The average Bonchev–Trinajstić information content (AvgIpc) is 2.53. The summed E-state index contributed by atoms with van der Waals surface area (Å²) in [5, 5.41) is 3.12. The molecule has 1 aliphatic heterocycles. The van der Waals surface area contributed by atoms with Gasteiger partial charge in [0.2, 0.25) is 5.91 Å². The predicted molar refractivity (Wildman–Crippen MR) is 59.5 cm³/mol. The smallest absolute Gasteiger partial charge is 0.323 e. The van der Waals surface area contributed by atoms with Crippen LogP contribution in [-0.4, -0.2) is 18.5 Å². The number of hydrogen-bond acceptors (Lipinski definition) is 3. The Labute approximate surface area is 97.5 Å². The second-order valence-electron chi connectivity index (χ2n) is 3.41. The van der Waals surface area contributed by atoms with Gasteiger partial charge in [0.25, 0.3) is 0 Å². The van der Waals surface area contributed by atoms with E-state index in [1.165, 1.54) is 0 Å². The molecule has 1 amide bonds. The number of halogens is 1. The minimum absolute atomic E-state index is 0.255. The van der Waals surface area contributed by atoms with Crippen LogP contribution in [0.4, 0.5) is 5.69 Å². The van der Waals surface area contributed by atoms with Crippen molar-refractivity contribution in [2.75, 3.05) is 11.9 Å². The van der Waals surface area contributed by atoms with E-state index in [0.717, 1.165) is 0 Å². The predicted octanol–water partition coefficient (Wildman–Crippen LogP) is 1.94. The van der Waals surface area contributed by atoms with Crippen molar-refractivity contribution < 1.29 is 14.3 Å². The lowest BCUT2D eigenvalue weighted by atomic mass is 10.0. The van der Waals surface area contributed by atoms with Crippen LogP contribution in [0.2, 0.25) is 5.02 Å². The number of esters is 1. The van der Waals surface area contributed by atoms with Crippen LogP contribution >= 0.6 is 11.6 Å². The maximum atomic E-state index is 11.6. The van der Waals surface area contributed by atoms with Gasteiger partial charge in [0.05, 0.1) is 6.61 Å². The number of benzene rings is 1. The minimum atomic E-state index is -0.868. The highest BCUT2D eigenvalue weighted by atomic mass is 35.5. The van der Waals surface area contributed by atoms with Gasteiger partial charge in [0.15, 0.2) is 5.92 Å². The maximum absolute atomic E-state index is 11.6. The van der Waals surface area contributed by atoms with Gasteiger partial charge in [-0.25, -0.2) is 0 Å². The molecule has 1 atom stereocenters. The zero-order valence-corrected chi connectivity index (χ0v) is 9.38. The largest absolute Gasteiger partial charge is 0.465 e. The molecule has 0 aliphatic carbocycles. The molecule has 1 heterocycles. The van der Waals surface area contributed by atoms with Crippen LogP contribution < -0.4 is 5.32 Å². The van der Waals surface area contributed by atoms with E-state index in [1.807, 2.05) is 0 Å². The van der Waals surface area contributed by atoms with Crippen molar-refractivity contribution in [1.29, 1.82) is 0 Å². The number of amides is 1. The van der Waals surface area contributed by atoms with Crippen molar-refractivity contribution in [2.24, 2.45) is 0 Å². The van der Waals surface area contributed by atoms with Crippen molar-refractivity contribution >= 4 is 29.2 Å². The highest BCUT2D eigenvalue weighted by Crippen LogP contribution is 2.34. The molecule has 4 nitrogen and oxygen atoms in total. The first kappa shape index (κ1) is 11.0. The molecular formula is C11H10ClNO3. The summed E-state index contributed by atoms with van der Waals surface area (Å²) in [5.74, 6) is -1.76. The van der Waals surface area contributed by atoms with E-state index < -0.39 is 11.9 Å². The molecule has 0 spiro atoms. The monoisotopic (exact) mass is 239 g/mol. The van der Waals surface area contributed by atoms with E-state index in [9.17, 15) is 9.59 Å². The third-order valence-corrected chi connectivity index (χ3v) is 2.60. The molecule has 1 unspecified atom stereocenters. The number of fused-ring (bicyclic) bond motifs is 1. The second kappa shape index (κ2) is 4.14. The normalized spacial score (nSPS) is 17.9. The minimum Gasteiger partial charge on any atom is -0.465 e. The molecule has 0 bridgehead atoms. The molecule has 2 rings (SSSR count). The van der Waals surface area contributed by atoms with Gasteiger partial charge in [-0.05, 0) is 24.6 Å². The Morgan fingerprint density at radius 1 is 1.56 bits per heavy atom. The molecule has 16 heavy (non-hydrogen) atoms. The summed E-state index contributed by atoms with van der Waals surface area (Å²) in [7, 11) is 0. The first-order valence-electron chi connectivity index (χ1n) is 4.90. The van der Waals surface area contributed by atoms with Crippen LogP contribution in [0.25, 0.3) is 0 Å². The van der Waals surface area contributed by atoms with Crippen LogP contribution in [0, 0.1) is 0 Å². The quantitative estimate of drug-likeness (QED) is 0.634. The Balaban J connectivity index is 2.36. The van der Waals surface area contributed by atoms with Gasteiger partial charge in [-0.15, -0.1) is 0 Å². The van der Waals surface area contributed by atoms with Gasteiger partial charge in [-0.3, -0.25) is 9.59 Å². The number of carbonyl (C=O) groups is 2. The van der Waals surface area contributed by atoms with E-state index in [4.69, 9.17) is 16.3 Å². The molecule has 1 aromatic rings. The molecule has 1 aliphatic rings. The molecule has 0 saturated carbocycles. The van der Waals surface area contributed by atoms with Crippen LogP contribution in [0.3, 0.4) is 0 Å². The third kappa shape index (κ3) is 1.76. The molecule has 0 aromatic heterocycles. The summed E-state index contributed by atoms with van der Waals surface area (Å²) in [5.41, 5.74) is 1.20. The molecule has 5 heteroatoms. The lowest BCUT2D eigenvalue weighted by molar-refractivity contribution is -0.147. The maximum Gasteiger partial charge on any atom is 0.323 e. The molecule has 84 valence electrons. The first-order chi connectivity index (χ1) is 7.63. The number of hydrogen-bond donors (Lipinski definition) is 1. The summed E-state index contributed by atoms with van der Waals surface area (Å²) < 4.78 is 4.85. The molecular weight excluding hydrogens is 230 g/mol. The van der Waals surface area contributed by atoms with Gasteiger partial charge in [0.1, 0.15) is 0 Å². The van der Waals surface area contributed by atoms with Crippen LogP contribution in [0.5, 0.6) is 0 Å². The Morgan fingerprint density at radius 2 is 2.31 bits per heavy atom. The summed E-state index contributed by atoms with van der Waals surface area (Å²) in [4.78, 5) is 23.2. The van der Waals surface area contributed by atoms with Gasteiger partial charge >= 0.3 is 5.97 Å². The van der Waals surface area contributed by atoms with Crippen molar-refractivity contribution in [3.05, 3.63) is 28.8 Å². The highest BCUT2D eigenvalue weighted by Gasteiger charge is 2.37. The molecule has 1 aromatic carbocycles. The zero-order valence-electron chi connectivity index (χ0n) is 8.62. The summed E-state index contributed by atoms with van der Waals surface area (Å²) >= 11 is 5.79. The Kier molecular flexibility index (Phi) is 2.83. The molecule has 1 N–H and O–H groups in total. The van der Waals surface area contributed by atoms with E-state index in [1.54, 1.807) is 25.1 Å². The van der Waals surface area contributed by atoms with E-state index in [0.29, 0.717) is 16.3 Å². The van der Waals surface area contributed by atoms with E-state index in [2.05, 4.69) is 5.32 Å². The summed E-state index contributed by atoms with van der Waals surface area (Å²) in [6.07, 6.45) is 0. The van der Waals surface area contributed by atoms with Gasteiger partial charge in [-0.2, -0.15) is 0 Å². The van der Waals surface area contributed by atoms with Crippen LogP contribution in [-0.2, 0) is 14.3 Å². The third-order valence-electron chi connectivity index (χ3n) is 2.37. The van der Waals surface area contributed by atoms with E-state index in [-0.39, 0.29) is 12.5 Å². The lowest BCUT2D eigenvalue weighted by Crippen LogP contribution is -2.22. The molecule has 0 fully saturated rings. The topological polar surface area (TPSA) is 55.4 Å². The Morgan fingerprint density at radius 3 is 3.00 bits per heavy atom. The van der Waals surface area contributed by atoms with Crippen LogP contribution in [0.15, 0.2) is 18.2 Å². The van der Waals surface area contributed by atoms with Crippen molar-refractivity contribution in [3.8, 4) is 0 Å².